The van der Waals surface area contributed by atoms with E-state index in [4.69, 9.17) is 0 Å². The molecule has 3 saturated heterocycles. The van der Waals surface area contributed by atoms with Gasteiger partial charge in [-0.15, -0.1) is 0 Å². The topological polar surface area (TPSA) is 78.0 Å². The molecule has 1 aromatic rings. The minimum atomic E-state index is -3.74. The highest BCUT2D eigenvalue weighted by Gasteiger charge is 2.77. The van der Waals surface area contributed by atoms with E-state index >= 15 is 0 Å². The summed E-state index contributed by atoms with van der Waals surface area (Å²) in [4.78, 5) is 31.1. The molecule has 0 aliphatic carbocycles. The van der Waals surface area contributed by atoms with E-state index in [1.54, 1.807) is 4.90 Å². The van der Waals surface area contributed by atoms with Gasteiger partial charge >= 0.3 is 0 Å². The van der Waals surface area contributed by atoms with Gasteiger partial charge in [0.1, 0.15) is 6.04 Å². The Balaban J connectivity index is 1.48. The third-order valence-electron chi connectivity index (χ3n) is 6.21. The lowest BCUT2D eigenvalue weighted by Crippen LogP contribution is -2.70. The van der Waals surface area contributed by atoms with E-state index < -0.39 is 35.1 Å². The predicted molar refractivity (Wildman–Crippen MR) is 116 cm³/mol. The van der Waals surface area contributed by atoms with E-state index in [2.05, 4.69) is 48.9 Å². The molecule has 7 nitrogen and oxygen atoms in total. The van der Waals surface area contributed by atoms with E-state index in [-0.39, 0.29) is 5.91 Å². The Morgan fingerprint density at radius 1 is 1.10 bits per heavy atom. The maximum atomic E-state index is 13.3. The monoisotopic (exact) mass is 547 g/mol. The molecular formula is C19H23Br2N3O4S. The minimum absolute atomic E-state index is 0.288. The van der Waals surface area contributed by atoms with Gasteiger partial charge in [-0.3, -0.25) is 14.5 Å². The molecule has 0 radical (unpaired) electrons. The van der Waals surface area contributed by atoms with Gasteiger partial charge in [-0.2, -0.15) is 0 Å². The summed E-state index contributed by atoms with van der Waals surface area (Å²) in [5.41, 5.74) is 1.22. The lowest BCUT2D eigenvalue weighted by molar-refractivity contribution is -0.154. The van der Waals surface area contributed by atoms with Crippen LogP contribution in [0.15, 0.2) is 30.3 Å². The molecule has 0 bridgehead atoms. The summed E-state index contributed by atoms with van der Waals surface area (Å²) in [6, 6.07) is 9.14. The molecule has 3 heterocycles. The number of fused-ring (bicyclic) bond motifs is 1. The molecule has 0 aromatic heterocycles. The van der Waals surface area contributed by atoms with Gasteiger partial charge in [0.05, 0.1) is 4.75 Å². The number of hydrogen-bond acceptors (Lipinski definition) is 5. The van der Waals surface area contributed by atoms with Crippen molar-refractivity contribution >= 4 is 53.5 Å². The van der Waals surface area contributed by atoms with Gasteiger partial charge in [0, 0.05) is 32.7 Å². The molecule has 0 spiro atoms. The molecule has 0 N–H and O–H groups in total. The molecule has 3 aliphatic heterocycles. The van der Waals surface area contributed by atoms with Crippen LogP contribution in [0.2, 0.25) is 0 Å². The van der Waals surface area contributed by atoms with Crippen LogP contribution in [0.1, 0.15) is 19.4 Å². The number of nitrogens with zero attached hydrogens (tertiary/aromatic N) is 3. The van der Waals surface area contributed by atoms with Crippen molar-refractivity contribution in [3.63, 3.8) is 0 Å². The maximum absolute atomic E-state index is 13.3. The third-order valence-corrected chi connectivity index (χ3v) is 11.2. The average molecular weight is 549 g/mol. The van der Waals surface area contributed by atoms with Gasteiger partial charge in [-0.05, 0) is 19.4 Å². The molecule has 0 saturated carbocycles. The summed E-state index contributed by atoms with van der Waals surface area (Å²) in [5, 5.41) is -1.08. The fourth-order valence-electron chi connectivity index (χ4n) is 4.43. The van der Waals surface area contributed by atoms with Gasteiger partial charge in [0.25, 0.3) is 5.91 Å². The zero-order valence-corrected chi connectivity index (χ0v) is 20.2. The first-order valence-electron chi connectivity index (χ1n) is 9.48. The summed E-state index contributed by atoms with van der Waals surface area (Å²) in [5.74, 6) is -0.706. The Labute approximate surface area is 187 Å². The second-order valence-corrected chi connectivity index (χ2v) is 14.5. The Kier molecular flexibility index (Phi) is 5.16. The van der Waals surface area contributed by atoms with E-state index in [1.807, 2.05) is 18.2 Å². The Bertz CT molecular complexity index is 943. The van der Waals surface area contributed by atoms with Gasteiger partial charge in [-0.25, -0.2) is 8.42 Å². The SMILES string of the molecule is CC1(C)[C@@H](C(=O)N2CCN(Cc3ccccc3)CC2)N2C(=O)C(Br)(Br)[C@H]2S1(=O)=O. The van der Waals surface area contributed by atoms with E-state index in [0.29, 0.717) is 26.2 Å². The smallest absolute Gasteiger partial charge is 0.255 e. The van der Waals surface area contributed by atoms with Crippen LogP contribution < -0.4 is 0 Å². The van der Waals surface area contributed by atoms with Crippen LogP contribution in [0.4, 0.5) is 0 Å². The number of sulfone groups is 1. The van der Waals surface area contributed by atoms with Crippen molar-refractivity contribution in [3.8, 4) is 0 Å². The summed E-state index contributed by atoms with van der Waals surface area (Å²) >= 11 is 6.38. The summed E-state index contributed by atoms with van der Waals surface area (Å²) < 4.78 is 23.4. The first kappa shape index (κ1) is 21.3. The van der Waals surface area contributed by atoms with Crippen molar-refractivity contribution in [2.45, 2.75) is 39.8 Å². The number of carbonyl (C=O) groups is 2. The Morgan fingerprint density at radius 3 is 2.28 bits per heavy atom. The lowest BCUT2D eigenvalue weighted by Gasteiger charge is -2.47. The molecule has 0 unspecified atom stereocenters. The zero-order valence-electron chi connectivity index (χ0n) is 16.2. The molecule has 29 heavy (non-hydrogen) atoms. The highest BCUT2D eigenvalue weighted by molar-refractivity contribution is 9.26. The molecule has 3 fully saturated rings. The predicted octanol–water partition coefficient (Wildman–Crippen LogP) is 1.56. The molecule has 3 aliphatic rings. The van der Waals surface area contributed by atoms with Crippen molar-refractivity contribution in [1.82, 2.24) is 14.7 Å². The molecule has 4 rings (SSSR count). The molecule has 1 aromatic carbocycles. The van der Waals surface area contributed by atoms with E-state index in [9.17, 15) is 18.0 Å². The second kappa shape index (κ2) is 7.03. The largest absolute Gasteiger partial charge is 0.338 e. The number of piperazine rings is 1. The van der Waals surface area contributed by atoms with Crippen LogP contribution in [0.5, 0.6) is 0 Å². The number of benzene rings is 1. The highest BCUT2D eigenvalue weighted by atomic mass is 79.9. The van der Waals surface area contributed by atoms with E-state index in [0.717, 1.165) is 6.54 Å². The van der Waals surface area contributed by atoms with Crippen molar-refractivity contribution in [3.05, 3.63) is 35.9 Å². The van der Waals surface area contributed by atoms with Crippen LogP contribution in [-0.4, -0.2) is 80.5 Å². The first-order chi connectivity index (χ1) is 13.5. The van der Waals surface area contributed by atoms with Crippen LogP contribution in [0.3, 0.4) is 0 Å². The van der Waals surface area contributed by atoms with Gasteiger partial charge in [0.2, 0.25) is 5.91 Å². The lowest BCUT2D eigenvalue weighted by atomic mass is 9.96. The first-order valence-corrected chi connectivity index (χ1v) is 12.6. The number of amides is 2. The van der Waals surface area contributed by atoms with E-state index in [1.165, 1.54) is 24.3 Å². The number of alkyl halides is 2. The van der Waals surface area contributed by atoms with Crippen LogP contribution in [0.25, 0.3) is 0 Å². The molecule has 2 atom stereocenters. The van der Waals surface area contributed by atoms with Crippen molar-refractivity contribution in [2.75, 3.05) is 26.2 Å². The molecule has 2 amide bonds. The number of hydrogen-bond donors (Lipinski definition) is 0. The van der Waals surface area contributed by atoms with Crippen molar-refractivity contribution < 1.29 is 18.0 Å². The number of β-lactam (4-membered cyclic amide) rings is 1. The highest BCUT2D eigenvalue weighted by Crippen LogP contribution is 2.56. The standard InChI is InChI=1S/C19H23Br2N3O4S/c1-18(2)14(24-16(26)19(20,21)17(24)29(18,27)28)15(25)23-10-8-22(9-11-23)12-13-6-4-3-5-7-13/h3-7,14,17H,8-12H2,1-2H3/t14-,17-/m1/s1. The molecule has 158 valence electrons. The quantitative estimate of drug-likeness (QED) is 0.423. The maximum Gasteiger partial charge on any atom is 0.255 e. The summed E-state index contributed by atoms with van der Waals surface area (Å²) in [6.45, 7) is 6.33. The van der Waals surface area contributed by atoms with Crippen molar-refractivity contribution in [2.24, 2.45) is 0 Å². The number of halogens is 2. The number of rotatable bonds is 3. The average Bonchev–Trinajstić information content (AvgIpc) is 2.83. The number of carbonyl (C=O) groups excluding carboxylic acids is 2. The van der Waals surface area contributed by atoms with Gasteiger partial charge in [-0.1, -0.05) is 62.2 Å². The van der Waals surface area contributed by atoms with Gasteiger partial charge in [0.15, 0.2) is 18.4 Å². The Morgan fingerprint density at radius 2 is 1.69 bits per heavy atom. The second-order valence-electron chi connectivity index (χ2n) is 8.33. The van der Waals surface area contributed by atoms with Crippen LogP contribution in [0, 0.1) is 0 Å². The fraction of sp³-hybridized carbons (Fsp3) is 0.579. The third kappa shape index (κ3) is 3.09. The normalized spacial score (nSPS) is 30.0. The molecular weight excluding hydrogens is 526 g/mol. The summed E-state index contributed by atoms with van der Waals surface area (Å²) in [7, 11) is -3.74. The minimum Gasteiger partial charge on any atom is -0.338 e. The zero-order chi connectivity index (χ0) is 21.2. The van der Waals surface area contributed by atoms with Crippen molar-refractivity contribution in [1.29, 1.82) is 0 Å². The summed E-state index contributed by atoms with van der Waals surface area (Å²) in [6.07, 6.45) is 0. The Hall–Kier alpha value is -0.970. The fourth-order valence-corrected chi connectivity index (χ4v) is 8.86. The van der Waals surface area contributed by atoms with Gasteiger partial charge < -0.3 is 9.80 Å². The molecule has 10 heteroatoms. The van der Waals surface area contributed by atoms with Crippen LogP contribution in [-0.2, 0) is 26.0 Å². The van der Waals surface area contributed by atoms with Crippen LogP contribution >= 0.6 is 31.9 Å².